The van der Waals surface area contributed by atoms with E-state index in [0.717, 1.165) is 10.2 Å². The zero-order chi connectivity index (χ0) is 19.9. The van der Waals surface area contributed by atoms with Crippen LogP contribution in [0.15, 0.2) is 34.8 Å². The summed E-state index contributed by atoms with van der Waals surface area (Å²) in [6.45, 7) is 2.33. The molecule has 1 aromatic carbocycles. The van der Waals surface area contributed by atoms with Gasteiger partial charge in [-0.3, -0.25) is 9.48 Å². The van der Waals surface area contributed by atoms with Crippen molar-refractivity contribution in [2.75, 3.05) is 18.4 Å². The molecule has 28 heavy (non-hydrogen) atoms. The number of amides is 1. The molecule has 1 N–H and O–H groups in total. The van der Waals surface area contributed by atoms with Gasteiger partial charge in [0.05, 0.1) is 21.4 Å². The Morgan fingerprint density at radius 3 is 2.71 bits per heavy atom. The van der Waals surface area contributed by atoms with Crippen molar-refractivity contribution >= 4 is 43.2 Å². The molecule has 10 heteroatoms. The number of aromatic nitrogens is 3. The topological polar surface area (TPSA) is 97.2 Å². The number of piperidine rings is 1. The molecule has 1 aliphatic heterocycles. The second-order valence-electron chi connectivity index (χ2n) is 6.95. The number of anilines is 1. The number of nitrogens with zero attached hydrogens (tertiary/aromatic N) is 4. The molecule has 4 rings (SSSR count). The minimum atomic E-state index is -3.59. The van der Waals surface area contributed by atoms with Gasteiger partial charge in [0.25, 0.3) is 0 Å². The van der Waals surface area contributed by atoms with E-state index in [-0.39, 0.29) is 16.7 Å². The van der Waals surface area contributed by atoms with Gasteiger partial charge in [-0.1, -0.05) is 0 Å². The van der Waals surface area contributed by atoms with E-state index in [9.17, 15) is 13.2 Å². The third kappa shape index (κ3) is 3.54. The summed E-state index contributed by atoms with van der Waals surface area (Å²) in [5.74, 6) is -0.295. The molecular weight excluding hydrogens is 398 g/mol. The molecule has 0 radical (unpaired) electrons. The van der Waals surface area contributed by atoms with Crippen LogP contribution in [0.4, 0.5) is 5.69 Å². The van der Waals surface area contributed by atoms with Crippen LogP contribution in [0.2, 0.25) is 0 Å². The Kier molecular flexibility index (Phi) is 4.94. The van der Waals surface area contributed by atoms with Crippen molar-refractivity contribution in [1.82, 2.24) is 19.1 Å². The lowest BCUT2D eigenvalue weighted by Gasteiger charge is -2.30. The molecule has 1 amide bonds. The van der Waals surface area contributed by atoms with Crippen molar-refractivity contribution < 1.29 is 13.2 Å². The zero-order valence-corrected chi connectivity index (χ0v) is 17.3. The lowest BCUT2D eigenvalue weighted by molar-refractivity contribution is -0.120. The summed E-state index contributed by atoms with van der Waals surface area (Å²) < 4.78 is 29.7. The highest BCUT2D eigenvalue weighted by Crippen LogP contribution is 2.27. The van der Waals surface area contributed by atoms with Gasteiger partial charge in [-0.25, -0.2) is 13.4 Å². The number of thiazole rings is 1. The Hall–Kier alpha value is -2.30. The quantitative estimate of drug-likeness (QED) is 0.700. The fourth-order valence-electron chi connectivity index (χ4n) is 3.51. The Balaban J connectivity index is 1.40. The SMILES string of the molecule is Cc1nn(C)cc1S(=O)(=O)N1CCC(C(=O)Nc2ccc3scnc3c2)CC1. The molecule has 8 nitrogen and oxygen atoms in total. The predicted octanol–water partition coefficient (Wildman–Crippen LogP) is 2.38. The molecule has 0 atom stereocenters. The van der Waals surface area contributed by atoms with E-state index in [1.54, 1.807) is 30.8 Å². The Morgan fingerprint density at radius 2 is 2.04 bits per heavy atom. The smallest absolute Gasteiger partial charge is 0.246 e. The van der Waals surface area contributed by atoms with E-state index < -0.39 is 10.0 Å². The molecule has 0 bridgehead atoms. The van der Waals surface area contributed by atoms with Crippen molar-refractivity contribution in [1.29, 1.82) is 0 Å². The summed E-state index contributed by atoms with van der Waals surface area (Å²) in [6.07, 6.45) is 2.50. The Labute approximate surface area is 167 Å². The molecule has 1 fully saturated rings. The van der Waals surface area contributed by atoms with Gasteiger partial charge >= 0.3 is 0 Å². The van der Waals surface area contributed by atoms with Crippen LogP contribution in [-0.4, -0.2) is 46.5 Å². The molecule has 0 saturated carbocycles. The highest BCUT2D eigenvalue weighted by atomic mass is 32.2. The number of rotatable bonds is 4. The van der Waals surface area contributed by atoms with Gasteiger partial charge in [0.2, 0.25) is 15.9 Å². The number of aryl methyl sites for hydroxylation is 2. The maximum Gasteiger partial charge on any atom is 0.246 e. The van der Waals surface area contributed by atoms with Crippen LogP contribution < -0.4 is 5.32 Å². The van der Waals surface area contributed by atoms with Gasteiger partial charge in [0, 0.05) is 37.9 Å². The monoisotopic (exact) mass is 419 g/mol. The first kappa shape index (κ1) is 19.0. The molecule has 1 saturated heterocycles. The molecule has 3 heterocycles. The number of carbonyl (C=O) groups is 1. The van der Waals surface area contributed by atoms with E-state index >= 15 is 0 Å². The number of benzene rings is 1. The van der Waals surface area contributed by atoms with E-state index in [4.69, 9.17) is 0 Å². The highest BCUT2D eigenvalue weighted by molar-refractivity contribution is 7.89. The van der Waals surface area contributed by atoms with Crippen molar-refractivity contribution in [3.8, 4) is 0 Å². The third-order valence-electron chi connectivity index (χ3n) is 5.01. The maximum absolute atomic E-state index is 12.9. The standard InChI is InChI=1S/C18H21N5O3S2/c1-12-17(10-22(2)21-12)28(25,26)23-7-5-13(6-8-23)18(24)20-14-3-4-16-15(9-14)19-11-27-16/h3-4,9-11,13H,5-8H2,1-2H3,(H,20,24). The molecule has 0 aliphatic carbocycles. The summed E-state index contributed by atoms with van der Waals surface area (Å²) in [7, 11) is -1.89. The van der Waals surface area contributed by atoms with Crippen LogP contribution >= 0.6 is 11.3 Å². The minimum absolute atomic E-state index is 0.0795. The van der Waals surface area contributed by atoms with Crippen LogP contribution in [0, 0.1) is 12.8 Å². The van der Waals surface area contributed by atoms with Crippen LogP contribution in [0.25, 0.3) is 10.2 Å². The van der Waals surface area contributed by atoms with Gasteiger partial charge < -0.3 is 5.32 Å². The average Bonchev–Trinajstić information content (AvgIpc) is 3.27. The molecule has 1 aliphatic rings. The summed E-state index contributed by atoms with van der Waals surface area (Å²) in [6, 6.07) is 5.66. The molecule has 0 unspecified atom stereocenters. The average molecular weight is 420 g/mol. The third-order valence-corrected chi connectivity index (χ3v) is 7.82. The second kappa shape index (κ2) is 7.26. The highest BCUT2D eigenvalue weighted by Gasteiger charge is 2.33. The minimum Gasteiger partial charge on any atom is -0.326 e. The fraction of sp³-hybridized carbons (Fsp3) is 0.389. The van der Waals surface area contributed by atoms with E-state index in [1.807, 2.05) is 18.2 Å². The van der Waals surface area contributed by atoms with Crippen molar-refractivity contribution in [2.24, 2.45) is 13.0 Å². The fourth-order valence-corrected chi connectivity index (χ4v) is 5.84. The van der Waals surface area contributed by atoms with Crippen LogP contribution in [0.1, 0.15) is 18.5 Å². The number of hydrogen-bond acceptors (Lipinski definition) is 6. The Morgan fingerprint density at radius 1 is 1.29 bits per heavy atom. The summed E-state index contributed by atoms with van der Waals surface area (Å²) >= 11 is 1.55. The first-order valence-corrected chi connectivity index (χ1v) is 11.3. The van der Waals surface area contributed by atoms with Gasteiger partial charge in [0.1, 0.15) is 4.90 Å². The maximum atomic E-state index is 12.9. The number of carbonyl (C=O) groups excluding carboxylic acids is 1. The lowest BCUT2D eigenvalue weighted by atomic mass is 9.97. The van der Waals surface area contributed by atoms with Crippen LogP contribution in [-0.2, 0) is 21.9 Å². The van der Waals surface area contributed by atoms with Crippen LogP contribution in [0.3, 0.4) is 0 Å². The normalized spacial score (nSPS) is 16.5. The predicted molar refractivity (Wildman–Crippen MR) is 108 cm³/mol. The summed E-state index contributed by atoms with van der Waals surface area (Å²) in [4.78, 5) is 17.1. The number of sulfonamides is 1. The summed E-state index contributed by atoms with van der Waals surface area (Å²) in [5, 5.41) is 7.06. The van der Waals surface area contributed by atoms with Gasteiger partial charge in [-0.05, 0) is 38.0 Å². The van der Waals surface area contributed by atoms with Crippen molar-refractivity contribution in [3.05, 3.63) is 35.6 Å². The molecule has 2 aromatic heterocycles. The second-order valence-corrected chi connectivity index (χ2v) is 9.75. The lowest BCUT2D eigenvalue weighted by Crippen LogP contribution is -2.41. The van der Waals surface area contributed by atoms with Gasteiger partial charge in [-0.15, -0.1) is 11.3 Å². The van der Waals surface area contributed by atoms with Crippen LogP contribution in [0.5, 0.6) is 0 Å². The first-order chi connectivity index (χ1) is 13.3. The van der Waals surface area contributed by atoms with Crippen molar-refractivity contribution in [3.63, 3.8) is 0 Å². The first-order valence-electron chi connectivity index (χ1n) is 8.99. The Bertz CT molecular complexity index is 1130. The number of hydrogen-bond donors (Lipinski definition) is 1. The van der Waals surface area contributed by atoms with E-state index in [2.05, 4.69) is 15.4 Å². The largest absolute Gasteiger partial charge is 0.326 e. The molecule has 3 aromatic rings. The van der Waals surface area contributed by atoms with Gasteiger partial charge in [-0.2, -0.15) is 9.40 Å². The van der Waals surface area contributed by atoms with E-state index in [1.165, 1.54) is 15.2 Å². The molecule has 148 valence electrons. The molecule has 0 spiro atoms. The van der Waals surface area contributed by atoms with Gasteiger partial charge in [0.15, 0.2) is 0 Å². The number of nitrogens with one attached hydrogen (secondary N) is 1. The molecular formula is C18H21N5O3S2. The van der Waals surface area contributed by atoms with E-state index in [0.29, 0.717) is 37.3 Å². The van der Waals surface area contributed by atoms with Crippen molar-refractivity contribution in [2.45, 2.75) is 24.7 Å². The summed E-state index contributed by atoms with van der Waals surface area (Å²) in [5.41, 5.74) is 3.83. The number of fused-ring (bicyclic) bond motifs is 1. The zero-order valence-electron chi connectivity index (χ0n) is 15.6.